The molecule has 136 valence electrons. The lowest BCUT2D eigenvalue weighted by Gasteiger charge is -2.33. The maximum Gasteiger partial charge on any atom is 0.244 e. The topological polar surface area (TPSA) is 32.3 Å². The number of carbonyl (C=O) groups is 1. The second-order valence-corrected chi connectivity index (χ2v) is 8.15. The quantitative estimate of drug-likeness (QED) is 0.733. The van der Waals surface area contributed by atoms with Crippen LogP contribution in [0.5, 0.6) is 0 Å². The number of amides is 1. The smallest absolute Gasteiger partial charge is 0.244 e. The van der Waals surface area contributed by atoms with E-state index < -0.39 is 0 Å². The van der Waals surface area contributed by atoms with Gasteiger partial charge in [0.2, 0.25) is 5.91 Å². The molecule has 2 fully saturated rings. The van der Waals surface area contributed by atoms with Crippen LogP contribution in [0, 0.1) is 11.7 Å². The molecule has 0 aromatic heterocycles. The number of likely N-dealkylation sites (tertiary alicyclic amines) is 1. The average molecular weight is 409 g/mol. The van der Waals surface area contributed by atoms with Crippen molar-refractivity contribution < 1.29 is 9.18 Å². The van der Waals surface area contributed by atoms with E-state index in [2.05, 4.69) is 26.1 Å². The van der Waals surface area contributed by atoms with E-state index in [1.165, 1.54) is 50.4 Å². The Hall–Kier alpha value is -1.20. The van der Waals surface area contributed by atoms with E-state index in [1.807, 2.05) is 0 Å². The monoisotopic (exact) mass is 408 g/mol. The van der Waals surface area contributed by atoms with Crippen molar-refractivity contribution in [1.29, 1.82) is 0 Å². The Morgan fingerprint density at radius 1 is 1.24 bits per heavy atom. The maximum absolute atomic E-state index is 13.7. The molecule has 0 radical (unpaired) electrons. The number of carbonyl (C=O) groups excluding carboxylic acids is 1. The van der Waals surface area contributed by atoms with E-state index in [0.717, 1.165) is 36.3 Å². The van der Waals surface area contributed by atoms with Gasteiger partial charge in [0.15, 0.2) is 0 Å². The molecule has 1 aliphatic carbocycles. The molecule has 1 aromatic carbocycles. The van der Waals surface area contributed by atoms with Crippen LogP contribution < -0.4 is 5.32 Å². The molecule has 0 spiro atoms. The lowest BCUT2D eigenvalue weighted by Crippen LogP contribution is -2.45. The van der Waals surface area contributed by atoms with Crippen molar-refractivity contribution in [2.45, 2.75) is 44.6 Å². The minimum absolute atomic E-state index is 0.145. The molecule has 1 saturated carbocycles. The number of halogens is 2. The van der Waals surface area contributed by atoms with E-state index in [9.17, 15) is 9.18 Å². The van der Waals surface area contributed by atoms with Crippen LogP contribution in [0.2, 0.25) is 0 Å². The predicted octanol–water partition coefficient (Wildman–Crippen LogP) is 4.37. The molecule has 3 nitrogen and oxygen atoms in total. The van der Waals surface area contributed by atoms with Crippen LogP contribution >= 0.6 is 15.9 Å². The number of nitrogens with zero attached hydrogens (tertiary/aromatic N) is 1. The first kappa shape index (κ1) is 18.6. The molecule has 1 saturated heterocycles. The molecular weight excluding hydrogens is 383 g/mol. The van der Waals surface area contributed by atoms with Gasteiger partial charge in [0.1, 0.15) is 5.82 Å². The van der Waals surface area contributed by atoms with E-state index in [-0.39, 0.29) is 17.8 Å². The number of nitrogens with one attached hydrogen (secondary N) is 1. The number of benzene rings is 1. The van der Waals surface area contributed by atoms with Gasteiger partial charge in [0, 0.05) is 41.8 Å². The van der Waals surface area contributed by atoms with Crippen LogP contribution in [0.4, 0.5) is 4.39 Å². The maximum atomic E-state index is 13.7. The van der Waals surface area contributed by atoms with E-state index >= 15 is 0 Å². The fraction of sp³-hybridized carbons (Fsp3) is 0.550. The second-order valence-electron chi connectivity index (χ2n) is 7.23. The molecule has 1 heterocycles. The van der Waals surface area contributed by atoms with Gasteiger partial charge < -0.3 is 10.2 Å². The summed E-state index contributed by atoms with van der Waals surface area (Å²) in [6, 6.07) is 4.93. The standard InChI is InChI=1S/C20H26BrFN2O/c21-17-6-7-19(22)16(13-17)5-8-20(25)23-18-9-11-24(12-10-18)14-15-3-1-2-4-15/h5-8,13,15,18H,1-4,9-12,14H2,(H,23,25)/b8-5-. The summed E-state index contributed by atoms with van der Waals surface area (Å²) in [4.78, 5) is 14.6. The summed E-state index contributed by atoms with van der Waals surface area (Å²) in [6.07, 6.45) is 10.5. The van der Waals surface area contributed by atoms with Crippen molar-refractivity contribution in [3.63, 3.8) is 0 Å². The third kappa shape index (κ3) is 5.65. The normalized spacial score (nSPS) is 20.4. The van der Waals surface area contributed by atoms with Gasteiger partial charge in [-0.3, -0.25) is 4.79 Å². The molecule has 3 rings (SSSR count). The van der Waals surface area contributed by atoms with Gasteiger partial charge in [-0.2, -0.15) is 0 Å². The van der Waals surface area contributed by atoms with Crippen LogP contribution in [0.1, 0.15) is 44.1 Å². The van der Waals surface area contributed by atoms with Crippen LogP contribution in [0.15, 0.2) is 28.7 Å². The van der Waals surface area contributed by atoms with Crippen molar-refractivity contribution in [3.05, 3.63) is 40.1 Å². The molecule has 0 atom stereocenters. The first-order valence-electron chi connectivity index (χ1n) is 9.26. The first-order chi connectivity index (χ1) is 12.1. The summed E-state index contributed by atoms with van der Waals surface area (Å²) >= 11 is 3.31. The van der Waals surface area contributed by atoms with Gasteiger partial charge in [-0.25, -0.2) is 4.39 Å². The zero-order valence-corrected chi connectivity index (χ0v) is 16.1. The van der Waals surface area contributed by atoms with Crippen LogP contribution in [0.25, 0.3) is 6.08 Å². The number of hydrogen-bond donors (Lipinski definition) is 1. The lowest BCUT2D eigenvalue weighted by atomic mass is 10.0. The highest BCUT2D eigenvalue weighted by molar-refractivity contribution is 9.10. The molecule has 25 heavy (non-hydrogen) atoms. The zero-order chi connectivity index (χ0) is 17.6. The Balaban J connectivity index is 1.43. The molecule has 0 bridgehead atoms. The third-order valence-corrected chi connectivity index (χ3v) is 5.79. The zero-order valence-electron chi connectivity index (χ0n) is 14.5. The molecule has 5 heteroatoms. The Morgan fingerprint density at radius 3 is 2.68 bits per heavy atom. The predicted molar refractivity (Wildman–Crippen MR) is 103 cm³/mol. The first-order valence-corrected chi connectivity index (χ1v) is 10.1. The van der Waals surface area contributed by atoms with Gasteiger partial charge in [0.05, 0.1) is 0 Å². The van der Waals surface area contributed by atoms with Gasteiger partial charge in [-0.05, 0) is 55.9 Å². The highest BCUT2D eigenvalue weighted by atomic mass is 79.9. The second kappa shape index (κ2) is 8.95. The number of hydrogen-bond acceptors (Lipinski definition) is 2. The van der Waals surface area contributed by atoms with Crippen LogP contribution in [0.3, 0.4) is 0 Å². The molecule has 1 aliphatic heterocycles. The van der Waals surface area contributed by atoms with Gasteiger partial charge in [-0.1, -0.05) is 28.8 Å². The summed E-state index contributed by atoms with van der Waals surface area (Å²) in [5.74, 6) is 0.412. The van der Waals surface area contributed by atoms with Crippen molar-refractivity contribution in [1.82, 2.24) is 10.2 Å². The van der Waals surface area contributed by atoms with Crippen LogP contribution in [-0.4, -0.2) is 36.5 Å². The summed E-state index contributed by atoms with van der Waals surface area (Å²) in [7, 11) is 0. The number of rotatable bonds is 5. The molecule has 1 amide bonds. The molecule has 2 aliphatic rings. The van der Waals surface area contributed by atoms with Crippen molar-refractivity contribution in [2.24, 2.45) is 5.92 Å². The van der Waals surface area contributed by atoms with E-state index in [4.69, 9.17) is 0 Å². The van der Waals surface area contributed by atoms with Gasteiger partial charge in [-0.15, -0.1) is 0 Å². The van der Waals surface area contributed by atoms with Crippen molar-refractivity contribution >= 4 is 27.9 Å². The fourth-order valence-corrected chi connectivity index (χ4v) is 4.25. The average Bonchev–Trinajstić information content (AvgIpc) is 3.10. The molecule has 0 unspecified atom stereocenters. The molecule has 1 aromatic rings. The minimum atomic E-state index is -0.326. The van der Waals surface area contributed by atoms with Gasteiger partial charge >= 0.3 is 0 Å². The van der Waals surface area contributed by atoms with E-state index in [0.29, 0.717) is 5.56 Å². The van der Waals surface area contributed by atoms with Crippen molar-refractivity contribution in [2.75, 3.05) is 19.6 Å². The SMILES string of the molecule is O=C(/C=C\c1cc(Br)ccc1F)NC1CCN(CC2CCCC2)CC1. The Labute approximate surface area is 157 Å². The summed E-state index contributed by atoms with van der Waals surface area (Å²) in [5, 5.41) is 3.05. The van der Waals surface area contributed by atoms with Crippen LogP contribution in [-0.2, 0) is 4.79 Å². The fourth-order valence-electron chi connectivity index (χ4n) is 3.88. The minimum Gasteiger partial charge on any atom is -0.350 e. The Bertz CT molecular complexity index is 620. The van der Waals surface area contributed by atoms with Gasteiger partial charge in [0.25, 0.3) is 0 Å². The lowest BCUT2D eigenvalue weighted by molar-refractivity contribution is -0.117. The number of piperidine rings is 1. The highest BCUT2D eigenvalue weighted by Gasteiger charge is 2.23. The molecular formula is C20H26BrFN2O. The largest absolute Gasteiger partial charge is 0.350 e. The summed E-state index contributed by atoms with van der Waals surface area (Å²) in [5.41, 5.74) is 0.413. The molecule has 1 N–H and O–H groups in total. The Morgan fingerprint density at radius 2 is 1.96 bits per heavy atom. The third-order valence-electron chi connectivity index (χ3n) is 5.30. The van der Waals surface area contributed by atoms with E-state index in [1.54, 1.807) is 12.1 Å². The summed E-state index contributed by atoms with van der Waals surface area (Å²) < 4.78 is 14.5. The summed E-state index contributed by atoms with van der Waals surface area (Å²) in [6.45, 7) is 3.35. The Kier molecular flexibility index (Phi) is 6.65. The highest BCUT2D eigenvalue weighted by Crippen LogP contribution is 2.26. The van der Waals surface area contributed by atoms with Crippen molar-refractivity contribution in [3.8, 4) is 0 Å².